The molecule has 0 radical (unpaired) electrons. The smallest absolute Gasteiger partial charge is 0.462 e. The molecule has 6 unspecified atom stereocenters. The van der Waals surface area contributed by atoms with Crippen LogP contribution in [0.1, 0.15) is 383 Å². The minimum absolute atomic E-state index is 0.104. The molecule has 0 aliphatic heterocycles. The molecule has 95 heavy (non-hydrogen) atoms. The van der Waals surface area contributed by atoms with Crippen molar-refractivity contribution in [1.82, 2.24) is 0 Å². The molecule has 0 aromatic heterocycles. The van der Waals surface area contributed by atoms with Gasteiger partial charge in [0.15, 0.2) is 12.2 Å². The lowest BCUT2D eigenvalue weighted by Crippen LogP contribution is -2.30. The maximum absolute atomic E-state index is 13.1. The van der Waals surface area contributed by atoms with Gasteiger partial charge in [-0.15, -0.1) is 0 Å². The van der Waals surface area contributed by atoms with Crippen LogP contribution < -0.4 is 0 Å². The van der Waals surface area contributed by atoms with E-state index in [0.717, 1.165) is 120 Å². The lowest BCUT2D eigenvalue weighted by Gasteiger charge is -2.21. The molecule has 0 aliphatic rings. The minimum Gasteiger partial charge on any atom is -0.462 e. The first-order valence-corrected chi connectivity index (χ1v) is 42.3. The summed E-state index contributed by atoms with van der Waals surface area (Å²) in [6.07, 6.45) is 50.1. The van der Waals surface area contributed by atoms with E-state index in [2.05, 4.69) is 55.4 Å². The van der Waals surface area contributed by atoms with Crippen molar-refractivity contribution in [1.29, 1.82) is 0 Å². The zero-order chi connectivity index (χ0) is 70.3. The molecule has 8 atom stereocenters. The highest BCUT2D eigenvalue weighted by molar-refractivity contribution is 7.47. The van der Waals surface area contributed by atoms with Crippen molar-refractivity contribution in [2.24, 2.45) is 23.7 Å². The van der Waals surface area contributed by atoms with Gasteiger partial charge in [-0.1, -0.05) is 331 Å². The van der Waals surface area contributed by atoms with Crippen LogP contribution in [-0.2, 0) is 65.4 Å². The Bertz CT molecular complexity index is 1870. The quantitative estimate of drug-likeness (QED) is 0.0222. The van der Waals surface area contributed by atoms with Gasteiger partial charge in [-0.2, -0.15) is 0 Å². The van der Waals surface area contributed by atoms with E-state index in [1.54, 1.807) is 0 Å². The van der Waals surface area contributed by atoms with E-state index in [4.69, 9.17) is 37.0 Å². The van der Waals surface area contributed by atoms with Gasteiger partial charge >= 0.3 is 39.5 Å². The first-order valence-electron chi connectivity index (χ1n) is 39.3. The summed E-state index contributed by atoms with van der Waals surface area (Å²) < 4.78 is 68.5. The van der Waals surface area contributed by atoms with Crippen LogP contribution in [0.2, 0.25) is 0 Å². The second-order valence-electron chi connectivity index (χ2n) is 28.6. The molecule has 17 nitrogen and oxygen atoms in total. The maximum Gasteiger partial charge on any atom is 0.472 e. The third-order valence-corrected chi connectivity index (χ3v) is 20.6. The highest BCUT2D eigenvalue weighted by Gasteiger charge is 2.30. The molecule has 564 valence electrons. The van der Waals surface area contributed by atoms with Gasteiger partial charge < -0.3 is 33.8 Å². The van der Waals surface area contributed by atoms with Crippen molar-refractivity contribution in [3.63, 3.8) is 0 Å². The average Bonchev–Trinajstić information content (AvgIpc) is 2.49. The van der Waals surface area contributed by atoms with E-state index >= 15 is 0 Å². The number of aliphatic hydroxyl groups excluding tert-OH is 1. The van der Waals surface area contributed by atoms with Crippen molar-refractivity contribution in [3.05, 3.63) is 0 Å². The van der Waals surface area contributed by atoms with Crippen molar-refractivity contribution in [3.8, 4) is 0 Å². The number of hydrogen-bond donors (Lipinski definition) is 3. The van der Waals surface area contributed by atoms with E-state index in [1.807, 2.05) is 0 Å². The van der Waals surface area contributed by atoms with E-state index in [-0.39, 0.29) is 25.7 Å². The third-order valence-electron chi connectivity index (χ3n) is 18.7. The second-order valence-corrected chi connectivity index (χ2v) is 31.5. The molecule has 0 amide bonds. The van der Waals surface area contributed by atoms with Crippen LogP contribution in [0.15, 0.2) is 0 Å². The number of esters is 4. The molecule has 0 saturated heterocycles. The first-order chi connectivity index (χ1) is 45.7. The van der Waals surface area contributed by atoms with Crippen LogP contribution >= 0.6 is 15.6 Å². The van der Waals surface area contributed by atoms with Crippen LogP contribution in [0.4, 0.5) is 0 Å². The number of carbonyl (C=O) groups excluding carboxylic acids is 4. The number of rotatable bonds is 73. The first kappa shape index (κ1) is 93.1. The lowest BCUT2D eigenvalue weighted by atomic mass is 9.99. The Balaban J connectivity index is 5.18. The minimum atomic E-state index is -4.96. The summed E-state index contributed by atoms with van der Waals surface area (Å²) in [5.74, 6) is 0.972. The Hall–Kier alpha value is -1.94. The summed E-state index contributed by atoms with van der Waals surface area (Å²) in [6.45, 7) is 14.2. The lowest BCUT2D eigenvalue weighted by molar-refractivity contribution is -0.161. The molecule has 3 N–H and O–H groups in total. The summed E-state index contributed by atoms with van der Waals surface area (Å²) >= 11 is 0. The average molecular weight is 1400 g/mol. The fourth-order valence-corrected chi connectivity index (χ4v) is 13.0. The Kier molecular flexibility index (Phi) is 64.0. The largest absolute Gasteiger partial charge is 0.472 e. The number of ether oxygens (including phenoxy) is 4. The number of unbranched alkanes of at least 4 members (excludes halogenated alkanes) is 36. The predicted molar refractivity (Wildman–Crippen MR) is 386 cm³/mol. The molecular weight excluding hydrogens is 1250 g/mol. The fourth-order valence-electron chi connectivity index (χ4n) is 11.5. The Morgan fingerprint density at radius 1 is 0.295 bits per heavy atom. The number of hydrogen-bond acceptors (Lipinski definition) is 15. The summed E-state index contributed by atoms with van der Waals surface area (Å²) in [6, 6.07) is 0. The van der Waals surface area contributed by atoms with Crippen molar-refractivity contribution in [2.45, 2.75) is 401 Å². The fraction of sp³-hybridized carbons (Fsp3) is 0.947. The maximum atomic E-state index is 13.1. The van der Waals surface area contributed by atoms with Crippen LogP contribution in [0.5, 0.6) is 0 Å². The molecule has 0 aliphatic carbocycles. The van der Waals surface area contributed by atoms with Crippen LogP contribution in [0, 0.1) is 23.7 Å². The number of aliphatic hydroxyl groups is 1. The normalized spacial score (nSPS) is 15.0. The van der Waals surface area contributed by atoms with Crippen molar-refractivity contribution in [2.75, 3.05) is 39.6 Å². The molecule has 0 saturated carbocycles. The molecule has 0 aromatic rings. The summed E-state index contributed by atoms with van der Waals surface area (Å²) in [5.41, 5.74) is 0. The number of phosphoric acid groups is 2. The van der Waals surface area contributed by atoms with Gasteiger partial charge in [0, 0.05) is 25.7 Å². The third kappa shape index (κ3) is 66.4. The number of phosphoric ester groups is 2. The van der Waals surface area contributed by atoms with E-state index < -0.39 is 97.5 Å². The van der Waals surface area contributed by atoms with Gasteiger partial charge in [0.1, 0.15) is 19.3 Å². The zero-order valence-electron chi connectivity index (χ0n) is 62.3. The van der Waals surface area contributed by atoms with Gasteiger partial charge in [0.25, 0.3) is 0 Å². The molecule has 0 heterocycles. The molecule has 0 bridgehead atoms. The predicted octanol–water partition coefficient (Wildman–Crippen LogP) is 22.0. The Morgan fingerprint density at radius 3 is 0.747 bits per heavy atom. The molecule has 0 spiro atoms. The van der Waals surface area contributed by atoms with E-state index in [9.17, 15) is 43.2 Å². The highest BCUT2D eigenvalue weighted by atomic mass is 31.2. The molecule has 0 rings (SSSR count). The van der Waals surface area contributed by atoms with E-state index in [1.165, 1.54) is 180 Å². The molecule has 0 aromatic carbocycles. The second kappa shape index (κ2) is 65.4. The Morgan fingerprint density at radius 2 is 0.505 bits per heavy atom. The zero-order valence-corrected chi connectivity index (χ0v) is 64.1. The Labute approximate surface area is 581 Å². The van der Waals surface area contributed by atoms with Gasteiger partial charge in [-0.05, 0) is 49.4 Å². The topological polar surface area (TPSA) is 237 Å². The molecular formula is C76H148O17P2. The van der Waals surface area contributed by atoms with Gasteiger partial charge in [-0.25, -0.2) is 9.13 Å². The van der Waals surface area contributed by atoms with Gasteiger partial charge in [-0.3, -0.25) is 37.3 Å². The van der Waals surface area contributed by atoms with Gasteiger partial charge in [0.2, 0.25) is 0 Å². The molecule has 19 heteroatoms. The summed E-state index contributed by atoms with van der Waals surface area (Å²) in [7, 11) is -9.91. The SMILES string of the molecule is CCC(C)CCCCCCCCCCCCCCCCCCCCC(=O)O[C@H](COC(=O)CCCCCCCCC(C)CC)COP(=O)(O)OCC(O)COP(=O)(O)OC[C@@H](COC(=O)CCCCCCCCCCC(C)C)OC(=O)CCCCCCCCCCC(C)CC. The number of carbonyl (C=O) groups is 4. The van der Waals surface area contributed by atoms with Gasteiger partial charge in [0.05, 0.1) is 26.4 Å². The van der Waals surface area contributed by atoms with Crippen LogP contribution in [0.25, 0.3) is 0 Å². The van der Waals surface area contributed by atoms with E-state index in [0.29, 0.717) is 25.7 Å². The van der Waals surface area contributed by atoms with Crippen LogP contribution in [-0.4, -0.2) is 96.7 Å². The summed E-state index contributed by atoms with van der Waals surface area (Å²) in [5, 5.41) is 10.6. The summed E-state index contributed by atoms with van der Waals surface area (Å²) in [4.78, 5) is 72.7. The highest BCUT2D eigenvalue weighted by Crippen LogP contribution is 2.45. The standard InChI is InChI=1S/C76H148O17P2/c1-9-67(6)53-45-37-29-22-20-18-16-14-12-13-15-17-19-21-23-32-42-50-58-75(80)92-72(63-87-74(79)57-49-41-35-34-39-47-55-69(8)11-3)65-91-95(84,85)89-61-70(77)60-88-94(82,83)90-64-71(62-86-73(78)56-48-40-31-26-24-28-36-44-52-66(4)5)93-76(81)59-51-43-33-27-25-30-38-46-54-68(7)10-2/h66-72,77H,9-65H2,1-8H3,(H,82,83)(H,84,85)/t67?,68?,69?,70?,71-,72-/m1/s1. The van der Waals surface area contributed by atoms with Crippen LogP contribution in [0.3, 0.4) is 0 Å². The van der Waals surface area contributed by atoms with Crippen molar-refractivity contribution >= 4 is 39.5 Å². The van der Waals surface area contributed by atoms with Crippen molar-refractivity contribution < 1.29 is 80.2 Å². The molecule has 0 fully saturated rings. The monoisotopic (exact) mass is 1400 g/mol.